The number of benzene rings is 1. The Morgan fingerprint density at radius 3 is 2.30 bits per heavy atom. The van der Waals surface area contributed by atoms with Crippen molar-refractivity contribution in [3.05, 3.63) is 35.9 Å². The summed E-state index contributed by atoms with van der Waals surface area (Å²) in [7, 11) is 2.19. The van der Waals surface area contributed by atoms with Gasteiger partial charge in [0.25, 0.3) is 0 Å². The molecule has 2 aliphatic rings. The van der Waals surface area contributed by atoms with Gasteiger partial charge in [0.1, 0.15) is 0 Å². The molecule has 1 N–H and O–H groups in total. The third-order valence-electron chi connectivity index (χ3n) is 5.96. The molecule has 1 saturated carbocycles. The monoisotopic (exact) mass is 316 g/mol. The van der Waals surface area contributed by atoms with Gasteiger partial charge in [-0.3, -0.25) is 0 Å². The maximum atomic E-state index is 11.7. The highest BCUT2D eigenvalue weighted by atomic mass is 16.3. The number of likely N-dealkylation sites (N-methyl/N-ethyl adjacent to an activating group) is 1. The molecule has 0 aromatic heterocycles. The van der Waals surface area contributed by atoms with Crippen LogP contribution in [-0.4, -0.2) is 54.7 Å². The Hall–Kier alpha value is -0.900. The van der Waals surface area contributed by atoms with Crippen molar-refractivity contribution >= 4 is 0 Å². The van der Waals surface area contributed by atoms with E-state index in [2.05, 4.69) is 41.1 Å². The summed E-state index contributed by atoms with van der Waals surface area (Å²) in [5.74, 6) is 0.422. The summed E-state index contributed by atoms with van der Waals surface area (Å²) in [6.45, 7) is 5.56. The first-order valence-corrected chi connectivity index (χ1v) is 9.37. The summed E-state index contributed by atoms with van der Waals surface area (Å²) in [5.41, 5.74) is 0.478. The SMILES string of the molecule is CN1CCN(CCC(O)(c2ccccc2)C2CCCCC2)CC1. The Balaban J connectivity index is 1.70. The lowest BCUT2D eigenvalue weighted by Crippen LogP contribution is -2.47. The predicted octanol–water partition coefficient (Wildman–Crippen LogP) is 3.09. The molecular formula is C20H32N2O. The molecule has 3 heteroatoms. The molecular weight excluding hydrogens is 284 g/mol. The van der Waals surface area contributed by atoms with Crippen LogP contribution in [0.5, 0.6) is 0 Å². The number of hydrogen-bond acceptors (Lipinski definition) is 3. The van der Waals surface area contributed by atoms with E-state index in [1.165, 1.54) is 32.1 Å². The molecule has 0 amide bonds. The fraction of sp³-hybridized carbons (Fsp3) is 0.700. The molecule has 1 aliphatic carbocycles. The quantitative estimate of drug-likeness (QED) is 0.904. The van der Waals surface area contributed by atoms with Crippen molar-refractivity contribution in [1.82, 2.24) is 9.80 Å². The van der Waals surface area contributed by atoms with E-state index in [1.807, 2.05) is 6.07 Å². The van der Waals surface area contributed by atoms with Gasteiger partial charge >= 0.3 is 0 Å². The summed E-state index contributed by atoms with van der Waals surface area (Å²) >= 11 is 0. The molecule has 0 radical (unpaired) electrons. The van der Waals surface area contributed by atoms with E-state index >= 15 is 0 Å². The average molecular weight is 316 g/mol. The summed E-state index contributed by atoms with van der Waals surface area (Å²) < 4.78 is 0. The number of aliphatic hydroxyl groups is 1. The Bertz CT molecular complexity index is 464. The third-order valence-corrected chi connectivity index (χ3v) is 5.96. The van der Waals surface area contributed by atoms with E-state index < -0.39 is 5.60 Å². The molecule has 23 heavy (non-hydrogen) atoms. The second kappa shape index (κ2) is 7.78. The zero-order valence-electron chi connectivity index (χ0n) is 14.6. The van der Waals surface area contributed by atoms with Gasteiger partial charge in [-0.15, -0.1) is 0 Å². The molecule has 1 heterocycles. The highest BCUT2D eigenvalue weighted by Crippen LogP contribution is 2.41. The van der Waals surface area contributed by atoms with E-state index in [9.17, 15) is 5.11 Å². The van der Waals surface area contributed by atoms with Crippen molar-refractivity contribution in [2.45, 2.75) is 44.1 Å². The van der Waals surface area contributed by atoms with Crippen LogP contribution in [0.4, 0.5) is 0 Å². The molecule has 1 aliphatic heterocycles. The maximum absolute atomic E-state index is 11.7. The lowest BCUT2D eigenvalue weighted by Gasteiger charge is -2.41. The van der Waals surface area contributed by atoms with E-state index in [-0.39, 0.29) is 0 Å². The molecule has 3 rings (SSSR count). The van der Waals surface area contributed by atoms with Gasteiger partial charge in [0.15, 0.2) is 0 Å². The normalized spacial score (nSPS) is 24.4. The lowest BCUT2D eigenvalue weighted by molar-refractivity contribution is -0.0538. The van der Waals surface area contributed by atoms with Gasteiger partial charge in [-0.05, 0) is 37.8 Å². The molecule has 3 nitrogen and oxygen atoms in total. The summed E-state index contributed by atoms with van der Waals surface area (Å²) in [6.07, 6.45) is 7.09. The van der Waals surface area contributed by atoms with Crippen LogP contribution in [0, 0.1) is 5.92 Å². The number of nitrogens with zero attached hydrogens (tertiary/aromatic N) is 2. The zero-order chi connectivity index (χ0) is 16.1. The second-order valence-corrected chi connectivity index (χ2v) is 7.52. The largest absolute Gasteiger partial charge is 0.385 e. The molecule has 0 bridgehead atoms. The molecule has 1 aromatic carbocycles. The minimum atomic E-state index is -0.648. The van der Waals surface area contributed by atoms with Crippen molar-refractivity contribution in [2.75, 3.05) is 39.8 Å². The van der Waals surface area contributed by atoms with E-state index in [4.69, 9.17) is 0 Å². The van der Waals surface area contributed by atoms with Crippen LogP contribution in [0.25, 0.3) is 0 Å². The summed E-state index contributed by atoms with van der Waals surface area (Å²) in [5, 5.41) is 11.7. The predicted molar refractivity (Wildman–Crippen MR) is 95.5 cm³/mol. The zero-order valence-corrected chi connectivity index (χ0v) is 14.6. The minimum Gasteiger partial charge on any atom is -0.385 e. The molecule has 1 unspecified atom stereocenters. The Kier molecular flexibility index (Phi) is 5.73. The molecule has 1 aromatic rings. The van der Waals surface area contributed by atoms with Crippen molar-refractivity contribution in [3.8, 4) is 0 Å². The van der Waals surface area contributed by atoms with Crippen LogP contribution in [0.1, 0.15) is 44.1 Å². The lowest BCUT2D eigenvalue weighted by atomic mass is 9.71. The van der Waals surface area contributed by atoms with Gasteiger partial charge in [0, 0.05) is 32.7 Å². The van der Waals surface area contributed by atoms with Gasteiger partial charge in [-0.1, -0.05) is 49.6 Å². The standard InChI is InChI=1S/C20H32N2O/c1-21-14-16-22(17-15-21)13-12-20(23,18-8-4-2-5-9-18)19-10-6-3-7-11-19/h2,4-5,8-9,19,23H,3,6-7,10-17H2,1H3. The van der Waals surface area contributed by atoms with E-state index in [0.717, 1.165) is 44.7 Å². The molecule has 1 atom stereocenters. The molecule has 2 fully saturated rings. The van der Waals surface area contributed by atoms with Crippen LogP contribution in [0.15, 0.2) is 30.3 Å². The van der Waals surface area contributed by atoms with Crippen LogP contribution >= 0.6 is 0 Å². The summed E-state index contributed by atoms with van der Waals surface area (Å²) in [6, 6.07) is 10.4. The van der Waals surface area contributed by atoms with Gasteiger partial charge in [-0.25, -0.2) is 0 Å². The molecule has 1 saturated heterocycles. The van der Waals surface area contributed by atoms with E-state index in [0.29, 0.717) is 5.92 Å². The highest BCUT2D eigenvalue weighted by molar-refractivity contribution is 5.23. The van der Waals surface area contributed by atoms with Crippen molar-refractivity contribution in [3.63, 3.8) is 0 Å². The van der Waals surface area contributed by atoms with E-state index in [1.54, 1.807) is 0 Å². The Morgan fingerprint density at radius 1 is 1.00 bits per heavy atom. The van der Waals surface area contributed by atoms with Crippen LogP contribution in [0.2, 0.25) is 0 Å². The van der Waals surface area contributed by atoms with Gasteiger partial charge in [0.2, 0.25) is 0 Å². The fourth-order valence-electron chi connectivity index (χ4n) is 4.29. The second-order valence-electron chi connectivity index (χ2n) is 7.52. The highest BCUT2D eigenvalue weighted by Gasteiger charge is 2.38. The Labute approximate surface area is 141 Å². The topological polar surface area (TPSA) is 26.7 Å². The van der Waals surface area contributed by atoms with Crippen LogP contribution in [-0.2, 0) is 5.60 Å². The number of rotatable bonds is 5. The molecule has 128 valence electrons. The third kappa shape index (κ3) is 4.14. The maximum Gasteiger partial charge on any atom is 0.0936 e. The first-order valence-electron chi connectivity index (χ1n) is 9.37. The number of piperazine rings is 1. The Morgan fingerprint density at radius 2 is 1.65 bits per heavy atom. The smallest absolute Gasteiger partial charge is 0.0936 e. The van der Waals surface area contributed by atoms with Gasteiger partial charge in [0.05, 0.1) is 5.60 Å². The van der Waals surface area contributed by atoms with Gasteiger partial charge in [-0.2, -0.15) is 0 Å². The van der Waals surface area contributed by atoms with Crippen molar-refractivity contribution < 1.29 is 5.11 Å². The fourth-order valence-corrected chi connectivity index (χ4v) is 4.29. The summed E-state index contributed by atoms with van der Waals surface area (Å²) in [4.78, 5) is 4.91. The van der Waals surface area contributed by atoms with Crippen LogP contribution < -0.4 is 0 Å². The molecule has 0 spiro atoms. The number of hydrogen-bond donors (Lipinski definition) is 1. The van der Waals surface area contributed by atoms with Crippen LogP contribution in [0.3, 0.4) is 0 Å². The first-order chi connectivity index (χ1) is 11.2. The van der Waals surface area contributed by atoms with Crippen molar-refractivity contribution in [2.24, 2.45) is 5.92 Å². The minimum absolute atomic E-state index is 0.422. The average Bonchev–Trinajstić information content (AvgIpc) is 2.62. The van der Waals surface area contributed by atoms with Crippen molar-refractivity contribution in [1.29, 1.82) is 0 Å². The first kappa shape index (κ1) is 16.9. The van der Waals surface area contributed by atoms with Gasteiger partial charge < -0.3 is 14.9 Å².